The molecule has 1 saturated carbocycles. The minimum absolute atomic E-state index is 0.0144. The Balaban J connectivity index is 1.64. The molecule has 5 nitrogen and oxygen atoms in total. The Morgan fingerprint density at radius 1 is 1.04 bits per heavy atom. The van der Waals surface area contributed by atoms with Gasteiger partial charge in [0.25, 0.3) is 0 Å². The number of amides is 2. The van der Waals surface area contributed by atoms with Crippen molar-refractivity contribution in [3.63, 3.8) is 0 Å². The largest absolute Gasteiger partial charge is 0.335 e. The van der Waals surface area contributed by atoms with Crippen LogP contribution in [0.4, 0.5) is 4.79 Å². The van der Waals surface area contributed by atoms with Gasteiger partial charge in [-0.1, -0.05) is 49.6 Å². The molecule has 1 aliphatic carbocycles. The van der Waals surface area contributed by atoms with Crippen LogP contribution in [-0.4, -0.2) is 61.1 Å². The molecular weight excluding hydrogens is 324 g/mol. The van der Waals surface area contributed by atoms with Crippen LogP contribution in [-0.2, 0) is 0 Å². The van der Waals surface area contributed by atoms with E-state index in [-0.39, 0.29) is 18.1 Å². The van der Waals surface area contributed by atoms with E-state index in [0.29, 0.717) is 6.04 Å². The van der Waals surface area contributed by atoms with E-state index in [9.17, 15) is 4.79 Å². The van der Waals surface area contributed by atoms with Gasteiger partial charge in [-0.3, -0.25) is 4.90 Å². The Kier molecular flexibility index (Phi) is 6.92. The molecule has 3 rings (SSSR count). The van der Waals surface area contributed by atoms with Crippen LogP contribution in [0.3, 0.4) is 0 Å². The van der Waals surface area contributed by atoms with Gasteiger partial charge in [-0.05, 0) is 32.4 Å². The van der Waals surface area contributed by atoms with E-state index >= 15 is 0 Å². The molecular formula is C21H34N4O. The summed E-state index contributed by atoms with van der Waals surface area (Å²) in [4.78, 5) is 17.4. The Bertz CT molecular complexity index is 550. The molecule has 1 aromatic carbocycles. The van der Waals surface area contributed by atoms with Crippen molar-refractivity contribution in [1.29, 1.82) is 0 Å². The number of likely N-dealkylation sites (N-methyl/N-ethyl adjacent to an activating group) is 1. The second-order valence-electron chi connectivity index (χ2n) is 7.94. The van der Waals surface area contributed by atoms with Crippen LogP contribution in [0.15, 0.2) is 30.3 Å². The fourth-order valence-electron chi connectivity index (χ4n) is 4.33. The third kappa shape index (κ3) is 5.21. The number of carbonyl (C=O) groups excluding carboxylic acids is 1. The lowest BCUT2D eigenvalue weighted by molar-refractivity contribution is 0.0947. The number of urea groups is 1. The molecule has 2 atom stereocenters. The molecule has 144 valence electrons. The number of hydrogen-bond acceptors (Lipinski definition) is 3. The van der Waals surface area contributed by atoms with Gasteiger partial charge in [0.15, 0.2) is 0 Å². The minimum atomic E-state index is -0.0144. The molecule has 0 unspecified atom stereocenters. The van der Waals surface area contributed by atoms with E-state index in [1.54, 1.807) is 0 Å². The Morgan fingerprint density at radius 2 is 1.69 bits per heavy atom. The van der Waals surface area contributed by atoms with Gasteiger partial charge in [0.1, 0.15) is 0 Å². The maximum absolute atomic E-state index is 12.5. The van der Waals surface area contributed by atoms with E-state index in [2.05, 4.69) is 64.7 Å². The monoisotopic (exact) mass is 358 g/mol. The zero-order valence-corrected chi connectivity index (χ0v) is 16.3. The molecule has 0 spiro atoms. The topological polar surface area (TPSA) is 47.6 Å². The molecule has 26 heavy (non-hydrogen) atoms. The average molecular weight is 359 g/mol. The molecule has 1 saturated heterocycles. The van der Waals surface area contributed by atoms with Crippen molar-refractivity contribution in [1.82, 2.24) is 20.4 Å². The van der Waals surface area contributed by atoms with Gasteiger partial charge in [-0.15, -0.1) is 0 Å². The standard InChI is InChI=1S/C21H34N4O/c1-17(22-21(26)23-19-11-7-4-8-12-19)20(18-9-5-3-6-10-18)25-15-13-24(2)14-16-25/h3,5-6,9-10,17,19-20H,4,7-8,11-16H2,1-2H3,(H2,22,23,26)/t17-,20-/m1/s1. The Morgan fingerprint density at radius 3 is 2.35 bits per heavy atom. The summed E-state index contributed by atoms with van der Waals surface area (Å²) < 4.78 is 0. The van der Waals surface area contributed by atoms with Crippen molar-refractivity contribution < 1.29 is 4.79 Å². The highest BCUT2D eigenvalue weighted by atomic mass is 16.2. The number of benzene rings is 1. The van der Waals surface area contributed by atoms with E-state index in [4.69, 9.17) is 0 Å². The third-order valence-electron chi connectivity index (χ3n) is 5.85. The van der Waals surface area contributed by atoms with Gasteiger partial charge in [-0.2, -0.15) is 0 Å². The number of rotatable bonds is 5. The van der Waals surface area contributed by atoms with Crippen LogP contribution < -0.4 is 10.6 Å². The smallest absolute Gasteiger partial charge is 0.315 e. The van der Waals surface area contributed by atoms with Crippen molar-refractivity contribution in [2.45, 2.75) is 57.2 Å². The first-order valence-corrected chi connectivity index (χ1v) is 10.2. The van der Waals surface area contributed by atoms with Crippen LogP contribution in [0.25, 0.3) is 0 Å². The highest BCUT2D eigenvalue weighted by Crippen LogP contribution is 2.25. The number of hydrogen-bond donors (Lipinski definition) is 2. The lowest BCUT2D eigenvalue weighted by atomic mass is 9.95. The maximum Gasteiger partial charge on any atom is 0.315 e. The molecule has 0 bridgehead atoms. The molecule has 1 heterocycles. The fourth-order valence-corrected chi connectivity index (χ4v) is 4.33. The summed E-state index contributed by atoms with van der Waals surface area (Å²) in [5.74, 6) is 0. The first-order valence-electron chi connectivity index (χ1n) is 10.2. The maximum atomic E-state index is 12.5. The molecule has 0 aromatic heterocycles. The summed E-state index contributed by atoms with van der Waals surface area (Å²) >= 11 is 0. The van der Waals surface area contributed by atoms with Gasteiger partial charge in [0.05, 0.1) is 6.04 Å². The second-order valence-corrected chi connectivity index (χ2v) is 7.94. The Hall–Kier alpha value is -1.59. The Labute approximate surface area is 158 Å². The lowest BCUT2D eigenvalue weighted by Crippen LogP contribution is -2.53. The third-order valence-corrected chi connectivity index (χ3v) is 5.85. The van der Waals surface area contributed by atoms with Crippen molar-refractivity contribution in [2.75, 3.05) is 33.2 Å². The van der Waals surface area contributed by atoms with Crippen molar-refractivity contribution in [3.8, 4) is 0 Å². The van der Waals surface area contributed by atoms with Crippen LogP contribution in [0.1, 0.15) is 50.6 Å². The molecule has 2 N–H and O–H groups in total. The van der Waals surface area contributed by atoms with Gasteiger partial charge >= 0.3 is 6.03 Å². The van der Waals surface area contributed by atoms with Gasteiger partial charge < -0.3 is 15.5 Å². The zero-order chi connectivity index (χ0) is 18.4. The number of carbonyl (C=O) groups is 1. The van der Waals surface area contributed by atoms with Gasteiger partial charge in [0.2, 0.25) is 0 Å². The summed E-state index contributed by atoms with van der Waals surface area (Å²) in [5.41, 5.74) is 1.28. The number of nitrogens with one attached hydrogen (secondary N) is 2. The number of piperazine rings is 1. The minimum Gasteiger partial charge on any atom is -0.335 e. The van der Waals surface area contributed by atoms with Gasteiger partial charge in [-0.25, -0.2) is 4.79 Å². The van der Waals surface area contributed by atoms with Crippen molar-refractivity contribution in [3.05, 3.63) is 35.9 Å². The summed E-state index contributed by atoms with van der Waals surface area (Å²) in [5, 5.41) is 6.42. The highest BCUT2D eigenvalue weighted by molar-refractivity contribution is 5.74. The first kappa shape index (κ1) is 19.2. The number of nitrogens with zero attached hydrogens (tertiary/aromatic N) is 2. The van der Waals surface area contributed by atoms with Crippen molar-refractivity contribution in [2.24, 2.45) is 0 Å². The summed E-state index contributed by atoms with van der Waals surface area (Å²) in [6.07, 6.45) is 5.99. The van der Waals surface area contributed by atoms with E-state index in [1.165, 1.54) is 24.8 Å². The fraction of sp³-hybridized carbons (Fsp3) is 0.667. The molecule has 2 amide bonds. The van der Waals surface area contributed by atoms with Gasteiger partial charge in [0, 0.05) is 38.3 Å². The molecule has 2 fully saturated rings. The molecule has 2 aliphatic rings. The quantitative estimate of drug-likeness (QED) is 0.851. The zero-order valence-electron chi connectivity index (χ0n) is 16.3. The molecule has 0 radical (unpaired) electrons. The van der Waals surface area contributed by atoms with E-state index in [1.807, 2.05) is 0 Å². The van der Waals surface area contributed by atoms with Crippen molar-refractivity contribution >= 4 is 6.03 Å². The molecule has 1 aliphatic heterocycles. The van der Waals surface area contributed by atoms with Crippen LogP contribution >= 0.6 is 0 Å². The van der Waals surface area contributed by atoms with E-state index in [0.717, 1.165) is 39.0 Å². The predicted octanol–water partition coefficient (Wildman–Crippen LogP) is 3.00. The predicted molar refractivity (Wildman–Crippen MR) is 106 cm³/mol. The van der Waals surface area contributed by atoms with Crippen LogP contribution in [0.2, 0.25) is 0 Å². The van der Waals surface area contributed by atoms with Crippen LogP contribution in [0, 0.1) is 0 Å². The summed E-state index contributed by atoms with van der Waals surface area (Å²) in [6, 6.07) is 11.2. The summed E-state index contributed by atoms with van der Waals surface area (Å²) in [7, 11) is 2.17. The van der Waals surface area contributed by atoms with E-state index < -0.39 is 0 Å². The first-order chi connectivity index (χ1) is 12.6. The molecule has 5 heteroatoms. The average Bonchev–Trinajstić information content (AvgIpc) is 2.65. The normalized spacial score (nSPS) is 22.5. The summed E-state index contributed by atoms with van der Waals surface area (Å²) in [6.45, 7) is 6.35. The second kappa shape index (κ2) is 9.38. The highest BCUT2D eigenvalue weighted by Gasteiger charge is 2.29. The lowest BCUT2D eigenvalue weighted by Gasteiger charge is -2.41. The SMILES string of the molecule is C[C@@H](NC(=O)NC1CCCCC1)[C@H](c1ccccc1)N1CCN(C)CC1. The molecule has 1 aromatic rings. The van der Waals surface area contributed by atoms with Crippen LogP contribution in [0.5, 0.6) is 0 Å².